The minimum absolute atomic E-state index is 0.492. The van der Waals surface area contributed by atoms with Gasteiger partial charge in [-0.3, -0.25) is 0 Å². The van der Waals surface area contributed by atoms with E-state index in [1.165, 1.54) is 0 Å². The third-order valence-corrected chi connectivity index (χ3v) is 3.94. The fraction of sp³-hybridized carbons (Fsp3) is 0.200. The van der Waals surface area contributed by atoms with Gasteiger partial charge in [-0.15, -0.1) is 11.3 Å². The number of methoxy groups -OCH3 is 1. The van der Waals surface area contributed by atoms with E-state index < -0.39 is 0 Å². The van der Waals surface area contributed by atoms with E-state index in [0.29, 0.717) is 18.3 Å². The van der Waals surface area contributed by atoms with Crippen molar-refractivity contribution in [3.8, 4) is 16.5 Å². The van der Waals surface area contributed by atoms with Crippen LogP contribution in [0.3, 0.4) is 0 Å². The summed E-state index contributed by atoms with van der Waals surface area (Å²) in [6.07, 6.45) is 0. The van der Waals surface area contributed by atoms with Gasteiger partial charge < -0.3 is 14.6 Å². The first-order valence-corrected chi connectivity index (χ1v) is 7.39. The highest BCUT2D eigenvalue weighted by atomic mass is 32.1. The summed E-state index contributed by atoms with van der Waals surface area (Å²) in [4.78, 5) is 5.38. The minimum atomic E-state index is 0.492. The lowest BCUT2D eigenvalue weighted by molar-refractivity contribution is 0.384. The van der Waals surface area contributed by atoms with Crippen LogP contribution in [0, 0.1) is 6.92 Å². The van der Waals surface area contributed by atoms with Gasteiger partial charge in [-0.05, 0) is 42.1 Å². The molecule has 2 aromatic heterocycles. The maximum atomic E-state index is 5.25. The highest BCUT2D eigenvalue weighted by molar-refractivity contribution is 7.13. The topological polar surface area (TPSA) is 60.2 Å². The summed E-state index contributed by atoms with van der Waals surface area (Å²) >= 11 is 1.59. The van der Waals surface area contributed by atoms with E-state index in [1.807, 2.05) is 42.6 Å². The molecule has 6 heteroatoms. The van der Waals surface area contributed by atoms with Crippen LogP contribution in [-0.4, -0.2) is 17.3 Å². The molecule has 0 saturated carbocycles. The van der Waals surface area contributed by atoms with Crippen molar-refractivity contribution in [1.29, 1.82) is 0 Å². The average Bonchev–Trinajstić information content (AvgIpc) is 3.16. The summed E-state index contributed by atoms with van der Waals surface area (Å²) in [5, 5.41) is 9.27. The monoisotopic (exact) mass is 301 g/mol. The number of nitrogens with one attached hydrogen (secondary N) is 1. The molecule has 0 unspecified atom stereocenters. The van der Waals surface area contributed by atoms with Crippen LogP contribution in [0.2, 0.25) is 0 Å². The molecule has 0 aliphatic carbocycles. The number of anilines is 1. The van der Waals surface area contributed by atoms with Gasteiger partial charge in [-0.1, -0.05) is 11.2 Å². The lowest BCUT2D eigenvalue weighted by Crippen LogP contribution is -2.01. The molecule has 0 radical (unpaired) electrons. The van der Waals surface area contributed by atoms with Gasteiger partial charge in [0.25, 0.3) is 0 Å². The Balaban J connectivity index is 1.68. The number of aryl methyl sites for hydroxylation is 1. The first kappa shape index (κ1) is 13.6. The van der Waals surface area contributed by atoms with E-state index in [4.69, 9.17) is 9.26 Å². The zero-order chi connectivity index (χ0) is 14.7. The maximum Gasteiger partial charge on any atom is 0.246 e. The zero-order valence-corrected chi connectivity index (χ0v) is 12.6. The molecule has 0 atom stereocenters. The maximum absolute atomic E-state index is 5.25. The summed E-state index contributed by atoms with van der Waals surface area (Å²) in [6.45, 7) is 2.52. The third-order valence-electron chi connectivity index (χ3n) is 3.07. The molecule has 0 aliphatic rings. The molecule has 0 saturated heterocycles. The summed E-state index contributed by atoms with van der Waals surface area (Å²) < 4.78 is 10.4. The molecular weight excluding hydrogens is 286 g/mol. The second-order valence-electron chi connectivity index (χ2n) is 4.52. The first-order chi connectivity index (χ1) is 10.3. The molecule has 2 heterocycles. The van der Waals surface area contributed by atoms with E-state index in [9.17, 15) is 0 Å². The van der Waals surface area contributed by atoms with Crippen molar-refractivity contribution < 1.29 is 9.26 Å². The molecule has 3 rings (SSSR count). The molecule has 0 aliphatic heterocycles. The van der Waals surface area contributed by atoms with E-state index in [2.05, 4.69) is 15.5 Å². The standard InChI is InChI=1S/C15H15N3O2S/c1-10-8-11(19-2)5-6-12(10)16-9-14-17-15(18-20-14)13-4-3-7-21-13/h3-8,16H,9H2,1-2H3. The number of ether oxygens (including phenoxy) is 1. The third kappa shape index (κ3) is 3.05. The lowest BCUT2D eigenvalue weighted by atomic mass is 10.2. The van der Waals surface area contributed by atoms with E-state index in [-0.39, 0.29) is 0 Å². The molecule has 0 spiro atoms. The van der Waals surface area contributed by atoms with E-state index in [0.717, 1.165) is 21.9 Å². The Morgan fingerprint density at radius 3 is 2.95 bits per heavy atom. The van der Waals surface area contributed by atoms with Crippen molar-refractivity contribution in [3.63, 3.8) is 0 Å². The Morgan fingerprint density at radius 2 is 2.24 bits per heavy atom. The Labute approximate surface area is 126 Å². The van der Waals surface area contributed by atoms with Crippen LogP contribution < -0.4 is 10.1 Å². The molecule has 108 valence electrons. The Kier molecular flexibility index (Phi) is 3.87. The average molecular weight is 301 g/mol. The molecule has 3 aromatic rings. The van der Waals surface area contributed by atoms with Gasteiger partial charge in [-0.25, -0.2) is 0 Å². The summed E-state index contributed by atoms with van der Waals surface area (Å²) in [7, 11) is 1.66. The molecule has 0 fully saturated rings. The van der Waals surface area contributed by atoms with Gasteiger partial charge in [-0.2, -0.15) is 4.98 Å². The second kappa shape index (κ2) is 5.97. The molecule has 0 bridgehead atoms. The van der Waals surface area contributed by atoms with Crippen LogP contribution in [-0.2, 0) is 6.54 Å². The highest BCUT2D eigenvalue weighted by Gasteiger charge is 2.09. The van der Waals surface area contributed by atoms with Crippen molar-refractivity contribution in [2.24, 2.45) is 0 Å². The smallest absolute Gasteiger partial charge is 0.246 e. The summed E-state index contributed by atoms with van der Waals surface area (Å²) in [5.74, 6) is 2.04. The number of aromatic nitrogens is 2. The quantitative estimate of drug-likeness (QED) is 0.778. The fourth-order valence-corrected chi connectivity index (χ4v) is 2.61. The van der Waals surface area contributed by atoms with Gasteiger partial charge >= 0.3 is 0 Å². The molecule has 0 amide bonds. The number of hydrogen-bond acceptors (Lipinski definition) is 6. The van der Waals surface area contributed by atoms with E-state index in [1.54, 1.807) is 18.4 Å². The van der Waals surface area contributed by atoms with Crippen LogP contribution >= 0.6 is 11.3 Å². The van der Waals surface area contributed by atoms with Crippen molar-refractivity contribution in [2.75, 3.05) is 12.4 Å². The van der Waals surface area contributed by atoms with Gasteiger partial charge in [0.05, 0.1) is 18.5 Å². The minimum Gasteiger partial charge on any atom is -0.497 e. The SMILES string of the molecule is COc1ccc(NCc2nc(-c3cccs3)no2)c(C)c1. The van der Waals surface area contributed by atoms with Gasteiger partial charge in [0.15, 0.2) is 0 Å². The molecule has 5 nitrogen and oxygen atoms in total. The van der Waals surface area contributed by atoms with Crippen molar-refractivity contribution in [2.45, 2.75) is 13.5 Å². The normalized spacial score (nSPS) is 10.6. The van der Waals surface area contributed by atoms with Gasteiger partial charge in [0.2, 0.25) is 11.7 Å². The first-order valence-electron chi connectivity index (χ1n) is 6.51. The molecule has 21 heavy (non-hydrogen) atoms. The van der Waals surface area contributed by atoms with Crippen LogP contribution in [0.1, 0.15) is 11.5 Å². The van der Waals surface area contributed by atoms with Crippen LogP contribution in [0.4, 0.5) is 5.69 Å². The van der Waals surface area contributed by atoms with E-state index >= 15 is 0 Å². The number of hydrogen-bond donors (Lipinski definition) is 1. The fourth-order valence-electron chi connectivity index (χ4n) is 1.96. The highest BCUT2D eigenvalue weighted by Crippen LogP contribution is 2.23. The summed E-state index contributed by atoms with van der Waals surface area (Å²) in [5.41, 5.74) is 2.12. The molecule has 1 aromatic carbocycles. The lowest BCUT2D eigenvalue weighted by Gasteiger charge is -2.08. The Hall–Kier alpha value is -2.34. The largest absolute Gasteiger partial charge is 0.497 e. The van der Waals surface area contributed by atoms with Crippen molar-refractivity contribution >= 4 is 17.0 Å². The molecule has 1 N–H and O–H groups in total. The zero-order valence-electron chi connectivity index (χ0n) is 11.8. The van der Waals surface area contributed by atoms with Crippen LogP contribution in [0.5, 0.6) is 5.75 Å². The number of nitrogens with zero attached hydrogens (tertiary/aromatic N) is 2. The van der Waals surface area contributed by atoms with Gasteiger partial charge in [0, 0.05) is 5.69 Å². The number of rotatable bonds is 5. The second-order valence-corrected chi connectivity index (χ2v) is 5.47. The van der Waals surface area contributed by atoms with Crippen LogP contribution in [0.15, 0.2) is 40.2 Å². The number of benzene rings is 1. The predicted octanol–water partition coefficient (Wildman–Crippen LogP) is 3.73. The molecular formula is C15H15N3O2S. The number of thiophene rings is 1. The predicted molar refractivity (Wildman–Crippen MR) is 82.7 cm³/mol. The Bertz CT molecular complexity index is 722. The van der Waals surface area contributed by atoms with Gasteiger partial charge in [0.1, 0.15) is 5.75 Å². The summed E-state index contributed by atoms with van der Waals surface area (Å²) in [6, 6.07) is 9.81. The Morgan fingerprint density at radius 1 is 1.33 bits per heavy atom. The van der Waals surface area contributed by atoms with Crippen LogP contribution in [0.25, 0.3) is 10.7 Å². The van der Waals surface area contributed by atoms with Crippen molar-refractivity contribution in [3.05, 3.63) is 47.2 Å². The van der Waals surface area contributed by atoms with Crippen molar-refractivity contribution in [1.82, 2.24) is 10.1 Å².